The van der Waals surface area contributed by atoms with Gasteiger partial charge in [-0.15, -0.1) is 0 Å². The summed E-state index contributed by atoms with van der Waals surface area (Å²) in [7, 11) is 0. The molecule has 1 heterocycles. The van der Waals surface area contributed by atoms with Crippen LogP contribution in [0, 0.1) is 10.1 Å². The van der Waals surface area contributed by atoms with Gasteiger partial charge < -0.3 is 5.11 Å². The summed E-state index contributed by atoms with van der Waals surface area (Å²) in [5.41, 5.74) is -0.564. The number of rotatable bonds is 3. The number of carboxylic acid groups (broad SMARTS) is 1. The third kappa shape index (κ3) is 2.09. The fourth-order valence-electron chi connectivity index (χ4n) is 1.52. The monoisotopic (exact) mass is 311 g/mol. The summed E-state index contributed by atoms with van der Waals surface area (Å²) in [4.78, 5) is 21.4. The number of nitrogens with zero attached hydrogens (tertiary/aromatic N) is 3. The Morgan fingerprint density at radius 2 is 2.22 bits per heavy atom. The lowest BCUT2D eigenvalue weighted by molar-refractivity contribution is -0.384. The molecule has 0 aliphatic heterocycles. The van der Waals surface area contributed by atoms with Gasteiger partial charge in [-0.1, -0.05) is 6.07 Å². The molecule has 18 heavy (non-hydrogen) atoms. The number of carboxylic acids is 1. The molecule has 0 unspecified atom stereocenters. The highest BCUT2D eigenvalue weighted by atomic mass is 79.9. The van der Waals surface area contributed by atoms with E-state index in [9.17, 15) is 14.9 Å². The Morgan fingerprint density at radius 3 is 2.72 bits per heavy atom. The standard InChI is InChI=1S/C10H6BrN3O4/c11-6-4-12-13(5-6)9-7(10(15)16)2-1-3-8(9)14(17)18/h1-5H,(H,15,16). The van der Waals surface area contributed by atoms with E-state index >= 15 is 0 Å². The molecule has 0 aliphatic rings. The van der Waals surface area contributed by atoms with Gasteiger partial charge in [0.1, 0.15) is 0 Å². The van der Waals surface area contributed by atoms with Crippen molar-refractivity contribution < 1.29 is 14.8 Å². The minimum absolute atomic E-state index is 0.0688. The number of halogens is 1. The first-order chi connectivity index (χ1) is 8.50. The van der Waals surface area contributed by atoms with E-state index in [1.165, 1.54) is 30.6 Å². The van der Waals surface area contributed by atoms with E-state index in [4.69, 9.17) is 5.11 Å². The van der Waals surface area contributed by atoms with Crippen molar-refractivity contribution in [1.29, 1.82) is 0 Å². The van der Waals surface area contributed by atoms with Gasteiger partial charge in [0.25, 0.3) is 5.69 Å². The van der Waals surface area contributed by atoms with Crippen LogP contribution in [0.4, 0.5) is 5.69 Å². The maximum Gasteiger partial charge on any atom is 0.338 e. The molecule has 2 rings (SSSR count). The van der Waals surface area contributed by atoms with Gasteiger partial charge >= 0.3 is 5.97 Å². The van der Waals surface area contributed by atoms with E-state index in [1.54, 1.807) is 0 Å². The predicted octanol–water partition coefficient (Wildman–Crippen LogP) is 2.24. The van der Waals surface area contributed by atoms with Crippen LogP contribution in [-0.2, 0) is 0 Å². The number of nitro groups is 1. The van der Waals surface area contributed by atoms with Crippen LogP contribution < -0.4 is 0 Å². The van der Waals surface area contributed by atoms with Crippen LogP contribution in [0.15, 0.2) is 35.1 Å². The highest BCUT2D eigenvalue weighted by Gasteiger charge is 2.23. The Labute approximate surface area is 109 Å². The van der Waals surface area contributed by atoms with Crippen LogP contribution in [0.25, 0.3) is 5.69 Å². The summed E-state index contributed by atoms with van der Waals surface area (Å²) >= 11 is 3.15. The Balaban J connectivity index is 2.76. The van der Waals surface area contributed by atoms with Gasteiger partial charge in [-0.3, -0.25) is 10.1 Å². The van der Waals surface area contributed by atoms with Gasteiger partial charge in [0.05, 0.1) is 21.2 Å². The van der Waals surface area contributed by atoms with Gasteiger partial charge in [-0.25, -0.2) is 9.48 Å². The Hall–Kier alpha value is -2.22. The van der Waals surface area contributed by atoms with E-state index in [2.05, 4.69) is 21.0 Å². The van der Waals surface area contributed by atoms with Crippen molar-refractivity contribution in [3.8, 4) is 5.69 Å². The Kier molecular flexibility index (Phi) is 3.11. The summed E-state index contributed by atoms with van der Waals surface area (Å²) in [6.07, 6.45) is 2.87. The number of carbonyl (C=O) groups is 1. The van der Waals surface area contributed by atoms with Crippen molar-refractivity contribution in [3.05, 3.63) is 50.7 Å². The van der Waals surface area contributed by atoms with E-state index in [-0.39, 0.29) is 16.9 Å². The number of aromatic nitrogens is 2. The van der Waals surface area contributed by atoms with Gasteiger partial charge in [-0.05, 0) is 22.0 Å². The van der Waals surface area contributed by atoms with Crippen molar-refractivity contribution >= 4 is 27.6 Å². The van der Waals surface area contributed by atoms with Crippen LogP contribution in [0.3, 0.4) is 0 Å². The third-order valence-corrected chi connectivity index (χ3v) is 2.63. The first-order valence-corrected chi connectivity index (χ1v) is 5.51. The van der Waals surface area contributed by atoms with Crippen LogP contribution >= 0.6 is 15.9 Å². The SMILES string of the molecule is O=C(O)c1cccc([N+](=O)[O-])c1-n1cc(Br)cn1. The number of nitro benzene ring substituents is 1. The number of para-hydroxylation sites is 1. The second-order valence-electron chi connectivity index (χ2n) is 3.34. The molecular formula is C10H6BrN3O4. The average molecular weight is 312 g/mol. The fourth-order valence-corrected chi connectivity index (χ4v) is 1.80. The highest BCUT2D eigenvalue weighted by molar-refractivity contribution is 9.10. The lowest BCUT2D eigenvalue weighted by Crippen LogP contribution is -2.08. The summed E-state index contributed by atoms with van der Waals surface area (Å²) in [5, 5.41) is 23.9. The fraction of sp³-hybridized carbons (Fsp3) is 0. The zero-order chi connectivity index (χ0) is 13.3. The van der Waals surface area contributed by atoms with Crippen LogP contribution in [0.5, 0.6) is 0 Å². The quantitative estimate of drug-likeness (QED) is 0.692. The van der Waals surface area contributed by atoms with E-state index in [0.717, 1.165) is 4.68 Å². The molecule has 0 saturated heterocycles. The second-order valence-corrected chi connectivity index (χ2v) is 4.25. The third-order valence-electron chi connectivity index (χ3n) is 2.22. The summed E-state index contributed by atoms with van der Waals surface area (Å²) in [5.74, 6) is -1.25. The van der Waals surface area contributed by atoms with Crippen LogP contribution in [-0.4, -0.2) is 25.8 Å². The van der Waals surface area contributed by atoms with Gasteiger partial charge in [0.2, 0.25) is 0 Å². The number of hydrogen-bond acceptors (Lipinski definition) is 4. The molecule has 0 spiro atoms. The first-order valence-electron chi connectivity index (χ1n) is 4.72. The molecule has 7 nitrogen and oxygen atoms in total. The zero-order valence-electron chi connectivity index (χ0n) is 8.78. The molecule has 0 saturated carbocycles. The van der Waals surface area contributed by atoms with Crippen LogP contribution in [0.2, 0.25) is 0 Å². The normalized spacial score (nSPS) is 10.3. The molecule has 1 N–H and O–H groups in total. The molecule has 0 amide bonds. The maximum atomic E-state index is 11.1. The van der Waals surface area contributed by atoms with Crippen molar-refractivity contribution in [1.82, 2.24) is 9.78 Å². The van der Waals surface area contributed by atoms with Crippen molar-refractivity contribution in [2.24, 2.45) is 0 Å². The van der Waals surface area contributed by atoms with Crippen molar-refractivity contribution in [3.63, 3.8) is 0 Å². The lowest BCUT2D eigenvalue weighted by atomic mass is 10.1. The molecule has 92 valence electrons. The molecule has 0 bridgehead atoms. The van der Waals surface area contributed by atoms with E-state index < -0.39 is 10.9 Å². The second kappa shape index (κ2) is 4.57. The molecule has 8 heteroatoms. The molecule has 0 radical (unpaired) electrons. The van der Waals surface area contributed by atoms with Crippen molar-refractivity contribution in [2.45, 2.75) is 0 Å². The van der Waals surface area contributed by atoms with Crippen molar-refractivity contribution in [2.75, 3.05) is 0 Å². The van der Waals surface area contributed by atoms with E-state index in [0.29, 0.717) is 4.47 Å². The van der Waals surface area contributed by atoms with Crippen LogP contribution in [0.1, 0.15) is 10.4 Å². The molecular weight excluding hydrogens is 306 g/mol. The number of hydrogen-bond donors (Lipinski definition) is 1. The smallest absolute Gasteiger partial charge is 0.338 e. The van der Waals surface area contributed by atoms with Gasteiger partial charge in [0, 0.05) is 12.3 Å². The number of aromatic carboxylic acids is 1. The summed E-state index contributed by atoms with van der Waals surface area (Å²) in [6, 6.07) is 3.85. The maximum absolute atomic E-state index is 11.1. The number of benzene rings is 1. The zero-order valence-corrected chi connectivity index (χ0v) is 10.4. The largest absolute Gasteiger partial charge is 0.478 e. The van der Waals surface area contributed by atoms with Gasteiger partial charge in [-0.2, -0.15) is 5.10 Å². The minimum Gasteiger partial charge on any atom is -0.478 e. The lowest BCUT2D eigenvalue weighted by Gasteiger charge is -2.06. The highest BCUT2D eigenvalue weighted by Crippen LogP contribution is 2.27. The molecule has 2 aromatic rings. The average Bonchev–Trinajstić information content (AvgIpc) is 2.74. The molecule has 0 atom stereocenters. The Morgan fingerprint density at radius 1 is 1.50 bits per heavy atom. The first kappa shape index (κ1) is 12.2. The predicted molar refractivity (Wildman–Crippen MR) is 64.9 cm³/mol. The topological polar surface area (TPSA) is 98.3 Å². The minimum atomic E-state index is -1.25. The summed E-state index contributed by atoms with van der Waals surface area (Å²) in [6.45, 7) is 0. The Bertz CT molecular complexity index is 606. The van der Waals surface area contributed by atoms with E-state index in [1.807, 2.05) is 0 Å². The van der Waals surface area contributed by atoms with Gasteiger partial charge in [0.15, 0.2) is 5.69 Å². The molecule has 0 fully saturated rings. The molecule has 0 aliphatic carbocycles. The summed E-state index contributed by atoms with van der Waals surface area (Å²) < 4.78 is 1.75. The molecule has 1 aromatic carbocycles. The molecule has 1 aromatic heterocycles.